The number of carbonyl (C=O) groups excluding carboxylic acids is 1. The number of benzene rings is 1. The summed E-state index contributed by atoms with van der Waals surface area (Å²) in [5, 5.41) is 26.2. The number of phenolic OH excluding ortho intramolecular Hbond substituents is 2. The van der Waals surface area contributed by atoms with Gasteiger partial charge in [0.15, 0.2) is 0 Å². The van der Waals surface area contributed by atoms with Gasteiger partial charge in [0.05, 0.1) is 5.56 Å². The maximum atomic E-state index is 12.0. The van der Waals surface area contributed by atoms with Crippen LogP contribution in [0.2, 0.25) is 0 Å². The van der Waals surface area contributed by atoms with Crippen molar-refractivity contribution < 1.29 is 15.0 Å². The molecule has 2 aromatic rings. The van der Waals surface area contributed by atoms with Gasteiger partial charge in [-0.05, 0) is 22.9 Å². The van der Waals surface area contributed by atoms with E-state index in [-0.39, 0.29) is 28.5 Å². The molecule has 0 aliphatic heterocycles. The molecule has 1 aromatic carbocycles. The van der Waals surface area contributed by atoms with Gasteiger partial charge < -0.3 is 15.5 Å². The first-order valence-electron chi connectivity index (χ1n) is 6.19. The molecule has 1 heterocycles. The first kappa shape index (κ1) is 14.4. The monoisotopic (exact) mass is 291 g/mol. The van der Waals surface area contributed by atoms with Crippen LogP contribution in [-0.2, 0) is 5.41 Å². The van der Waals surface area contributed by atoms with Gasteiger partial charge >= 0.3 is 0 Å². The molecule has 0 aliphatic rings. The zero-order valence-corrected chi connectivity index (χ0v) is 12.4. The fourth-order valence-corrected chi connectivity index (χ4v) is 2.52. The topological polar surface area (TPSA) is 69.6 Å². The van der Waals surface area contributed by atoms with Crippen LogP contribution in [0.4, 0.5) is 5.69 Å². The molecule has 0 atom stereocenters. The maximum Gasteiger partial charge on any atom is 0.256 e. The second kappa shape index (κ2) is 5.17. The van der Waals surface area contributed by atoms with Crippen LogP contribution < -0.4 is 5.32 Å². The maximum absolute atomic E-state index is 12.0. The quantitative estimate of drug-likeness (QED) is 0.739. The Kier molecular flexibility index (Phi) is 3.72. The molecule has 4 nitrogen and oxygen atoms in total. The zero-order valence-electron chi connectivity index (χ0n) is 11.6. The lowest BCUT2D eigenvalue weighted by molar-refractivity contribution is 0.102. The van der Waals surface area contributed by atoms with Crippen molar-refractivity contribution in [1.82, 2.24) is 0 Å². The van der Waals surface area contributed by atoms with Gasteiger partial charge in [0.1, 0.15) is 17.2 Å². The Morgan fingerprint density at radius 3 is 2.45 bits per heavy atom. The van der Waals surface area contributed by atoms with Crippen LogP contribution in [0.3, 0.4) is 0 Å². The molecule has 0 aliphatic carbocycles. The largest absolute Gasteiger partial charge is 0.506 e. The Labute approximate surface area is 121 Å². The lowest BCUT2D eigenvalue weighted by Crippen LogP contribution is -2.15. The fourth-order valence-electron chi connectivity index (χ4n) is 1.89. The predicted molar refractivity (Wildman–Crippen MR) is 80.7 cm³/mol. The number of aromatic hydroxyl groups is 2. The van der Waals surface area contributed by atoms with E-state index in [1.165, 1.54) is 17.4 Å². The average molecular weight is 291 g/mol. The Morgan fingerprint density at radius 2 is 1.90 bits per heavy atom. The molecule has 0 bridgehead atoms. The van der Waals surface area contributed by atoms with Gasteiger partial charge in [0.25, 0.3) is 5.91 Å². The van der Waals surface area contributed by atoms with Crippen LogP contribution in [0.5, 0.6) is 11.5 Å². The molecule has 0 radical (unpaired) electrons. The van der Waals surface area contributed by atoms with Crippen molar-refractivity contribution in [1.29, 1.82) is 0 Å². The SMILES string of the molecule is CC(C)(C)c1ccc(O)c(NC(=O)c2ccsc2)c1O. The van der Waals surface area contributed by atoms with Crippen molar-refractivity contribution >= 4 is 22.9 Å². The molecule has 0 saturated heterocycles. The van der Waals surface area contributed by atoms with E-state index in [4.69, 9.17) is 0 Å². The molecule has 0 unspecified atom stereocenters. The van der Waals surface area contributed by atoms with E-state index in [2.05, 4.69) is 5.32 Å². The molecule has 2 rings (SSSR count). The van der Waals surface area contributed by atoms with Crippen molar-refractivity contribution in [2.24, 2.45) is 0 Å². The molecule has 0 saturated carbocycles. The molecule has 20 heavy (non-hydrogen) atoms. The highest BCUT2D eigenvalue weighted by molar-refractivity contribution is 7.08. The van der Waals surface area contributed by atoms with Crippen LogP contribution in [0, 0.1) is 0 Å². The highest BCUT2D eigenvalue weighted by Crippen LogP contribution is 2.41. The lowest BCUT2D eigenvalue weighted by Gasteiger charge is -2.22. The summed E-state index contributed by atoms with van der Waals surface area (Å²) in [6, 6.07) is 4.82. The summed E-state index contributed by atoms with van der Waals surface area (Å²) >= 11 is 1.41. The number of rotatable bonds is 2. The average Bonchev–Trinajstić information content (AvgIpc) is 2.86. The van der Waals surface area contributed by atoms with Crippen molar-refractivity contribution in [3.8, 4) is 11.5 Å². The van der Waals surface area contributed by atoms with Gasteiger partial charge in [0.2, 0.25) is 0 Å². The minimum atomic E-state index is -0.358. The van der Waals surface area contributed by atoms with E-state index < -0.39 is 0 Å². The normalized spacial score (nSPS) is 11.3. The highest BCUT2D eigenvalue weighted by Gasteiger charge is 2.23. The summed E-state index contributed by atoms with van der Waals surface area (Å²) in [7, 11) is 0. The zero-order chi connectivity index (χ0) is 14.9. The number of anilines is 1. The van der Waals surface area contributed by atoms with E-state index in [1.807, 2.05) is 20.8 Å². The van der Waals surface area contributed by atoms with Gasteiger partial charge in [-0.1, -0.05) is 26.8 Å². The minimum absolute atomic E-state index is 0.0497. The Morgan fingerprint density at radius 1 is 1.20 bits per heavy atom. The second-order valence-electron chi connectivity index (χ2n) is 5.57. The number of hydrogen-bond acceptors (Lipinski definition) is 4. The fraction of sp³-hybridized carbons (Fsp3) is 0.267. The van der Waals surface area contributed by atoms with Crippen molar-refractivity contribution in [3.63, 3.8) is 0 Å². The first-order chi connectivity index (χ1) is 9.30. The van der Waals surface area contributed by atoms with E-state index in [1.54, 1.807) is 22.9 Å². The molecular formula is C15H17NO3S. The Hall–Kier alpha value is -2.01. The van der Waals surface area contributed by atoms with E-state index in [0.717, 1.165) is 0 Å². The van der Waals surface area contributed by atoms with Gasteiger partial charge in [-0.15, -0.1) is 0 Å². The van der Waals surface area contributed by atoms with Gasteiger partial charge in [0, 0.05) is 10.9 Å². The van der Waals surface area contributed by atoms with Gasteiger partial charge in [-0.2, -0.15) is 11.3 Å². The first-order valence-corrected chi connectivity index (χ1v) is 7.14. The third-order valence-electron chi connectivity index (χ3n) is 2.99. The highest BCUT2D eigenvalue weighted by atomic mass is 32.1. The standard InChI is InChI=1S/C15H17NO3S/c1-15(2,3)10-4-5-11(17)12(13(10)18)16-14(19)9-6-7-20-8-9/h4-8,17-18H,1-3H3,(H,16,19). The Bertz CT molecular complexity index is 627. The lowest BCUT2D eigenvalue weighted by atomic mass is 9.86. The molecule has 106 valence electrons. The predicted octanol–water partition coefficient (Wildman–Crippen LogP) is 3.71. The van der Waals surface area contributed by atoms with Crippen LogP contribution >= 0.6 is 11.3 Å². The molecule has 5 heteroatoms. The van der Waals surface area contributed by atoms with Crippen LogP contribution in [0.25, 0.3) is 0 Å². The van der Waals surface area contributed by atoms with Crippen LogP contribution in [0.1, 0.15) is 36.7 Å². The molecule has 0 spiro atoms. The number of carbonyl (C=O) groups is 1. The third-order valence-corrected chi connectivity index (χ3v) is 3.67. The van der Waals surface area contributed by atoms with Gasteiger partial charge in [-0.25, -0.2) is 0 Å². The molecule has 1 aromatic heterocycles. The smallest absolute Gasteiger partial charge is 0.256 e. The summed E-state index contributed by atoms with van der Waals surface area (Å²) in [5.41, 5.74) is 0.916. The summed E-state index contributed by atoms with van der Waals surface area (Å²) in [6.45, 7) is 5.84. The molecule has 0 fully saturated rings. The second-order valence-corrected chi connectivity index (χ2v) is 6.35. The van der Waals surface area contributed by atoms with E-state index in [0.29, 0.717) is 11.1 Å². The summed E-state index contributed by atoms with van der Waals surface area (Å²) in [6.07, 6.45) is 0. The van der Waals surface area contributed by atoms with E-state index in [9.17, 15) is 15.0 Å². The van der Waals surface area contributed by atoms with Crippen molar-refractivity contribution in [3.05, 3.63) is 40.1 Å². The number of nitrogens with one attached hydrogen (secondary N) is 1. The number of phenols is 2. The third kappa shape index (κ3) is 2.77. The van der Waals surface area contributed by atoms with Crippen molar-refractivity contribution in [2.75, 3.05) is 5.32 Å². The number of hydrogen-bond donors (Lipinski definition) is 3. The number of amides is 1. The number of thiophene rings is 1. The van der Waals surface area contributed by atoms with E-state index >= 15 is 0 Å². The van der Waals surface area contributed by atoms with Crippen LogP contribution in [0.15, 0.2) is 29.0 Å². The van der Waals surface area contributed by atoms with Crippen LogP contribution in [-0.4, -0.2) is 16.1 Å². The summed E-state index contributed by atoms with van der Waals surface area (Å²) in [4.78, 5) is 12.0. The molecule has 1 amide bonds. The Balaban J connectivity index is 2.39. The summed E-state index contributed by atoms with van der Waals surface area (Å²) < 4.78 is 0. The van der Waals surface area contributed by atoms with Gasteiger partial charge in [-0.3, -0.25) is 4.79 Å². The molecular weight excluding hydrogens is 274 g/mol. The van der Waals surface area contributed by atoms with Crippen molar-refractivity contribution in [2.45, 2.75) is 26.2 Å². The minimum Gasteiger partial charge on any atom is -0.506 e. The molecule has 3 N–H and O–H groups in total. The summed E-state index contributed by atoms with van der Waals surface area (Å²) in [5.74, 6) is -0.608.